The highest BCUT2D eigenvalue weighted by Gasteiger charge is 2.41. The van der Waals surface area contributed by atoms with E-state index in [-0.39, 0.29) is 24.6 Å². The fourth-order valence-corrected chi connectivity index (χ4v) is 5.20. The van der Waals surface area contributed by atoms with Crippen LogP contribution in [0.15, 0.2) is 39.9 Å². The number of nitrogens with two attached hydrogens (primary N) is 2. The third-order valence-corrected chi connectivity index (χ3v) is 8.12. The van der Waals surface area contributed by atoms with Gasteiger partial charge >= 0.3 is 0 Å². The Labute approximate surface area is 267 Å². The fraction of sp³-hybridized carbons (Fsp3) is 0.765. The van der Waals surface area contributed by atoms with E-state index in [0.29, 0.717) is 6.54 Å². The van der Waals surface area contributed by atoms with Crippen molar-refractivity contribution in [3.8, 4) is 0 Å². The highest BCUT2D eigenvalue weighted by atomic mass is 16.7. The Morgan fingerprint density at radius 2 is 1.80 bits per heavy atom. The topological polar surface area (TPSA) is 145 Å². The average Bonchev–Trinajstić information content (AvgIpc) is 2.97. The third-order valence-electron chi connectivity index (χ3n) is 8.12. The van der Waals surface area contributed by atoms with Crippen LogP contribution in [-0.4, -0.2) is 105 Å². The molecule has 1 rings (SSSR count). The number of hydrogen-bond donors (Lipinski definition) is 4. The van der Waals surface area contributed by atoms with Gasteiger partial charge in [-0.25, -0.2) is 0 Å². The highest BCUT2D eigenvalue weighted by molar-refractivity contribution is 5.81. The average molecular weight is 622 g/mol. The van der Waals surface area contributed by atoms with Crippen LogP contribution in [0.2, 0.25) is 0 Å². The van der Waals surface area contributed by atoms with Crippen molar-refractivity contribution in [2.75, 3.05) is 33.8 Å². The van der Waals surface area contributed by atoms with E-state index in [4.69, 9.17) is 25.7 Å². The van der Waals surface area contributed by atoms with Crippen LogP contribution in [0.1, 0.15) is 87.0 Å². The highest BCUT2D eigenvalue weighted by Crippen LogP contribution is 2.24. The van der Waals surface area contributed by atoms with Gasteiger partial charge in [0.15, 0.2) is 6.29 Å². The number of nitrogens with one attached hydrogen (secondary N) is 1. The van der Waals surface area contributed by atoms with Gasteiger partial charge in [-0.3, -0.25) is 9.79 Å². The number of likely N-dealkylation sites (N-methyl/N-ethyl adjacent to an activating group) is 2. The molecular weight excluding hydrogens is 558 g/mol. The first-order chi connectivity index (χ1) is 20.8. The molecule has 0 radical (unpaired) electrons. The number of aliphatic hydroxyl groups is 1. The Morgan fingerprint density at radius 3 is 2.41 bits per heavy atom. The lowest BCUT2D eigenvalue weighted by atomic mass is 9.95. The number of nitrogens with zero attached hydrogens (tertiary/aromatic N) is 2. The van der Waals surface area contributed by atoms with Gasteiger partial charge in [0, 0.05) is 33.0 Å². The van der Waals surface area contributed by atoms with Crippen LogP contribution in [0.25, 0.3) is 0 Å². The minimum absolute atomic E-state index is 0.0442. The molecule has 0 bridgehead atoms. The van der Waals surface area contributed by atoms with Crippen LogP contribution in [0.3, 0.4) is 0 Å². The van der Waals surface area contributed by atoms with Gasteiger partial charge in [0.2, 0.25) is 5.91 Å². The molecule has 44 heavy (non-hydrogen) atoms. The summed E-state index contributed by atoms with van der Waals surface area (Å²) in [5, 5.41) is 14.9. The number of methoxy groups -OCH3 is 1. The molecule has 10 nitrogen and oxygen atoms in total. The summed E-state index contributed by atoms with van der Waals surface area (Å²) in [5.74, 6) is -0.255. The number of carbonyl (C=O) groups is 1. The molecule has 6 N–H and O–H groups in total. The second-order valence-electron chi connectivity index (χ2n) is 12.5. The molecule has 1 amide bonds. The summed E-state index contributed by atoms with van der Waals surface area (Å²) in [4.78, 5) is 19.0. The lowest BCUT2D eigenvalue weighted by molar-refractivity contribution is -0.244. The number of rotatable bonds is 20. The van der Waals surface area contributed by atoms with Gasteiger partial charge in [0.1, 0.15) is 18.8 Å². The Kier molecular flexibility index (Phi) is 19.8. The molecule has 0 spiro atoms. The number of aliphatic hydroxyl groups excluding tert-OH is 1. The first-order valence-electron chi connectivity index (χ1n) is 16.3. The Bertz CT molecular complexity index is 944. The molecule has 1 aliphatic rings. The van der Waals surface area contributed by atoms with Crippen molar-refractivity contribution in [2.24, 2.45) is 16.5 Å². The van der Waals surface area contributed by atoms with Crippen molar-refractivity contribution in [1.29, 1.82) is 0 Å². The van der Waals surface area contributed by atoms with E-state index in [0.717, 1.165) is 45.1 Å². The van der Waals surface area contributed by atoms with E-state index in [1.807, 2.05) is 13.0 Å². The van der Waals surface area contributed by atoms with E-state index < -0.39 is 36.7 Å². The van der Waals surface area contributed by atoms with E-state index in [1.54, 1.807) is 34.2 Å². The molecule has 0 saturated carbocycles. The predicted molar refractivity (Wildman–Crippen MR) is 181 cm³/mol. The first kappa shape index (κ1) is 40.1. The summed E-state index contributed by atoms with van der Waals surface area (Å²) >= 11 is 0. The summed E-state index contributed by atoms with van der Waals surface area (Å²) < 4.78 is 18.0. The molecule has 1 fully saturated rings. The molecule has 8 atom stereocenters. The lowest BCUT2D eigenvalue weighted by Gasteiger charge is -2.42. The molecule has 0 aromatic heterocycles. The van der Waals surface area contributed by atoms with Crippen LogP contribution < -0.4 is 16.8 Å². The number of amides is 1. The second-order valence-corrected chi connectivity index (χ2v) is 12.5. The number of carbonyl (C=O) groups excluding carboxylic acids is 1. The molecule has 0 aromatic rings. The number of allylic oxidation sites excluding steroid dienone is 6. The van der Waals surface area contributed by atoms with Gasteiger partial charge in [-0.15, -0.1) is 0 Å². The standard InChI is InChI=1S/C34H63N5O5/c1-10-37-21-28-17-18-29(36)34(43-28)44-33(26(6)35)32(41)31(27(7)42-9)39(8)30(40)22-38-20-19-25(5)16-12-15-24(4)14-11-13-23(2)3/h13,15,19-20,26-29,31-34,37,41H,10-12,14,16-18,21-22,35-36H2,1-9H3/b24-15+,25-19+,38-20+/t26?,27?,28?,29-,31?,32?,33?,34?/m0/s1. The van der Waals surface area contributed by atoms with Crippen LogP contribution in [0.5, 0.6) is 0 Å². The first-order valence-corrected chi connectivity index (χ1v) is 16.3. The number of aliphatic imine (C=N–C) groups is 1. The molecule has 0 aromatic carbocycles. The van der Waals surface area contributed by atoms with Gasteiger partial charge in [0.05, 0.1) is 24.3 Å². The Balaban J connectivity index is 2.83. The smallest absolute Gasteiger partial charge is 0.244 e. The fourth-order valence-electron chi connectivity index (χ4n) is 5.20. The molecule has 10 heteroatoms. The SMILES string of the molecule is CCNCC1CC[C@H](N)C(OC(C(C)N)C(O)C(C(C)OC)N(C)C(=O)C/N=C/C=C(\C)CC/C=C(\C)CCC=C(C)C)O1. The van der Waals surface area contributed by atoms with Crippen molar-refractivity contribution in [1.82, 2.24) is 10.2 Å². The minimum atomic E-state index is -1.16. The molecule has 1 heterocycles. The van der Waals surface area contributed by atoms with Gasteiger partial charge in [-0.1, -0.05) is 35.8 Å². The zero-order valence-corrected chi connectivity index (χ0v) is 28.9. The summed E-state index contributed by atoms with van der Waals surface area (Å²) in [6, 6.07) is -1.65. The molecule has 1 aliphatic heterocycles. The number of hydrogen-bond acceptors (Lipinski definition) is 9. The minimum Gasteiger partial charge on any atom is -0.388 e. The van der Waals surface area contributed by atoms with E-state index in [9.17, 15) is 9.90 Å². The van der Waals surface area contributed by atoms with Crippen LogP contribution >= 0.6 is 0 Å². The summed E-state index contributed by atoms with van der Waals surface area (Å²) in [7, 11) is 3.18. The Morgan fingerprint density at radius 1 is 1.14 bits per heavy atom. The molecule has 0 aliphatic carbocycles. The van der Waals surface area contributed by atoms with Gasteiger partial charge in [-0.2, -0.15) is 0 Å². The zero-order chi connectivity index (χ0) is 33.2. The van der Waals surface area contributed by atoms with Crippen molar-refractivity contribution in [3.63, 3.8) is 0 Å². The molecular formula is C34H63N5O5. The van der Waals surface area contributed by atoms with Gasteiger partial charge < -0.3 is 41.0 Å². The predicted octanol–water partition coefficient (Wildman–Crippen LogP) is 3.87. The van der Waals surface area contributed by atoms with Crippen LogP contribution in [0, 0.1) is 0 Å². The van der Waals surface area contributed by atoms with E-state index in [1.165, 1.54) is 21.6 Å². The van der Waals surface area contributed by atoms with Gasteiger partial charge in [0.25, 0.3) is 0 Å². The van der Waals surface area contributed by atoms with Crippen molar-refractivity contribution >= 4 is 12.1 Å². The maximum Gasteiger partial charge on any atom is 0.244 e. The van der Waals surface area contributed by atoms with E-state index in [2.05, 4.69) is 50.2 Å². The largest absolute Gasteiger partial charge is 0.388 e. The number of ether oxygens (including phenoxy) is 3. The monoisotopic (exact) mass is 621 g/mol. The summed E-state index contributed by atoms with van der Waals surface area (Å²) in [6.45, 7) is 15.6. The quantitative estimate of drug-likeness (QED) is 0.118. The molecule has 254 valence electrons. The van der Waals surface area contributed by atoms with Crippen LogP contribution in [0.4, 0.5) is 0 Å². The van der Waals surface area contributed by atoms with E-state index >= 15 is 0 Å². The van der Waals surface area contributed by atoms with Gasteiger partial charge in [-0.05, 0) is 92.7 Å². The van der Waals surface area contributed by atoms with Crippen molar-refractivity contribution in [3.05, 3.63) is 34.9 Å². The zero-order valence-electron chi connectivity index (χ0n) is 28.9. The Hall–Kier alpha value is -1.92. The van der Waals surface area contributed by atoms with Crippen molar-refractivity contribution in [2.45, 2.75) is 136 Å². The molecule has 7 unspecified atom stereocenters. The molecule has 1 saturated heterocycles. The summed E-state index contributed by atoms with van der Waals surface area (Å²) in [6.07, 6.45) is 10.5. The van der Waals surface area contributed by atoms with Crippen molar-refractivity contribution < 1.29 is 24.1 Å². The maximum absolute atomic E-state index is 13.2. The summed E-state index contributed by atoms with van der Waals surface area (Å²) in [5.41, 5.74) is 16.6. The maximum atomic E-state index is 13.2. The third kappa shape index (κ3) is 14.9. The lowest BCUT2D eigenvalue weighted by Crippen LogP contribution is -2.61. The second kappa shape index (κ2) is 21.8. The van der Waals surface area contributed by atoms with Crippen LogP contribution in [-0.2, 0) is 19.0 Å². The normalized spacial score (nSPS) is 23.2.